The van der Waals surface area contributed by atoms with Gasteiger partial charge in [-0.25, -0.2) is 9.07 Å². The Morgan fingerprint density at radius 1 is 1.22 bits per heavy atom. The van der Waals surface area contributed by atoms with Crippen LogP contribution in [-0.2, 0) is 13.5 Å². The highest BCUT2D eigenvalue weighted by Gasteiger charge is 2.25. The molecule has 1 aromatic carbocycles. The zero-order valence-electron chi connectivity index (χ0n) is 15.7. The second-order valence-corrected chi connectivity index (χ2v) is 6.61. The average molecular weight is 376 g/mol. The fourth-order valence-corrected chi connectivity index (χ4v) is 3.41. The molecule has 146 valence electrons. The van der Waals surface area contributed by atoms with Crippen LogP contribution < -0.4 is 10.2 Å². The highest BCUT2D eigenvalue weighted by Crippen LogP contribution is 2.28. The van der Waals surface area contributed by atoms with Gasteiger partial charge in [0, 0.05) is 52.0 Å². The molecule has 1 aliphatic heterocycles. The van der Waals surface area contributed by atoms with E-state index in [0.29, 0.717) is 24.5 Å². The highest BCUT2D eigenvalue weighted by molar-refractivity contribution is 5.59. The van der Waals surface area contributed by atoms with Crippen molar-refractivity contribution in [3.05, 3.63) is 45.9 Å². The molecule has 8 nitrogen and oxygen atoms in total. The van der Waals surface area contributed by atoms with E-state index >= 15 is 0 Å². The summed E-state index contributed by atoms with van der Waals surface area (Å²) in [6, 6.07) is 6.58. The summed E-state index contributed by atoms with van der Waals surface area (Å²) >= 11 is 0. The molecule has 0 radical (unpaired) electrons. The Hall–Kier alpha value is -2.68. The number of halogens is 1. The lowest BCUT2D eigenvalue weighted by Gasteiger charge is -2.36. The van der Waals surface area contributed by atoms with Crippen LogP contribution in [0.4, 0.5) is 21.6 Å². The van der Waals surface area contributed by atoms with E-state index in [2.05, 4.69) is 20.2 Å². The second-order valence-electron chi connectivity index (χ2n) is 6.61. The van der Waals surface area contributed by atoms with Crippen LogP contribution in [-0.4, -0.2) is 58.9 Å². The lowest BCUT2D eigenvalue weighted by Crippen LogP contribution is -2.47. The monoisotopic (exact) mass is 376 g/mol. The number of benzene rings is 1. The van der Waals surface area contributed by atoms with Crippen molar-refractivity contribution in [1.29, 1.82) is 0 Å². The average Bonchev–Trinajstić information content (AvgIpc) is 2.99. The van der Waals surface area contributed by atoms with Crippen molar-refractivity contribution in [2.45, 2.75) is 13.3 Å². The van der Waals surface area contributed by atoms with Crippen LogP contribution >= 0.6 is 0 Å². The first-order chi connectivity index (χ1) is 13.0. The number of hydrogen-bond acceptors (Lipinski definition) is 6. The molecule has 1 aliphatic rings. The number of hydrogen-bond donors (Lipinski definition) is 1. The lowest BCUT2D eigenvalue weighted by molar-refractivity contribution is -0.384. The van der Waals surface area contributed by atoms with Gasteiger partial charge in [0.05, 0.1) is 4.92 Å². The van der Waals surface area contributed by atoms with Gasteiger partial charge in [-0.15, -0.1) is 0 Å². The number of aryl methyl sites for hydroxylation is 2. The molecule has 0 atom stereocenters. The molecule has 1 fully saturated rings. The van der Waals surface area contributed by atoms with E-state index in [-0.39, 0.29) is 16.4 Å². The van der Waals surface area contributed by atoms with Crippen molar-refractivity contribution in [3.63, 3.8) is 0 Å². The molecule has 27 heavy (non-hydrogen) atoms. The van der Waals surface area contributed by atoms with Crippen molar-refractivity contribution in [2.24, 2.45) is 7.05 Å². The second kappa shape index (κ2) is 8.34. The molecule has 1 aromatic heterocycles. The minimum atomic E-state index is -0.365. The first-order valence-corrected chi connectivity index (χ1v) is 9.16. The van der Waals surface area contributed by atoms with Gasteiger partial charge < -0.3 is 10.2 Å². The zero-order valence-corrected chi connectivity index (χ0v) is 15.7. The van der Waals surface area contributed by atoms with Crippen molar-refractivity contribution in [2.75, 3.05) is 49.5 Å². The van der Waals surface area contributed by atoms with Gasteiger partial charge in [0.1, 0.15) is 11.5 Å². The summed E-state index contributed by atoms with van der Waals surface area (Å²) in [7, 11) is 1.72. The van der Waals surface area contributed by atoms with Gasteiger partial charge in [0.25, 0.3) is 0 Å². The Labute approximate surface area is 157 Å². The number of piperazine rings is 1. The summed E-state index contributed by atoms with van der Waals surface area (Å²) in [6.45, 7) is 6.80. The molecule has 0 bridgehead atoms. The molecule has 3 rings (SSSR count). The van der Waals surface area contributed by atoms with Crippen LogP contribution in [0.25, 0.3) is 0 Å². The molecule has 1 saturated heterocycles. The van der Waals surface area contributed by atoms with E-state index in [1.165, 1.54) is 12.1 Å². The smallest absolute Gasteiger partial charge is 0.333 e. The number of nitrogens with one attached hydrogen (secondary N) is 1. The van der Waals surface area contributed by atoms with Gasteiger partial charge in [0.2, 0.25) is 5.82 Å². The molecule has 0 unspecified atom stereocenters. The van der Waals surface area contributed by atoms with Crippen molar-refractivity contribution >= 4 is 17.2 Å². The summed E-state index contributed by atoms with van der Waals surface area (Å²) in [4.78, 5) is 15.5. The SMILES string of the molecule is CCc1nn(C)c(NCCN2CCN(c3ccc(F)cc3)CC2)c1[N+](=O)[O-]. The van der Waals surface area contributed by atoms with Gasteiger partial charge in [-0.3, -0.25) is 15.0 Å². The maximum absolute atomic E-state index is 13.0. The van der Waals surface area contributed by atoms with Crippen molar-refractivity contribution in [3.8, 4) is 0 Å². The molecule has 2 heterocycles. The van der Waals surface area contributed by atoms with Gasteiger partial charge in [-0.1, -0.05) is 6.92 Å². The van der Waals surface area contributed by atoms with E-state index < -0.39 is 0 Å². The maximum atomic E-state index is 13.0. The number of anilines is 2. The number of rotatable bonds is 7. The molecule has 1 N–H and O–H groups in total. The fraction of sp³-hybridized carbons (Fsp3) is 0.500. The third-order valence-electron chi connectivity index (χ3n) is 4.89. The first kappa shape index (κ1) is 19.1. The maximum Gasteiger partial charge on any atom is 0.333 e. The van der Waals surface area contributed by atoms with E-state index in [1.807, 2.05) is 6.92 Å². The quantitative estimate of drug-likeness (QED) is 0.590. The van der Waals surface area contributed by atoms with E-state index in [4.69, 9.17) is 0 Å². The molecule has 0 saturated carbocycles. The Morgan fingerprint density at radius 3 is 2.48 bits per heavy atom. The summed E-state index contributed by atoms with van der Waals surface area (Å²) in [5, 5.41) is 18.8. The summed E-state index contributed by atoms with van der Waals surface area (Å²) < 4.78 is 14.6. The minimum absolute atomic E-state index is 0.0705. The molecule has 9 heteroatoms. The van der Waals surface area contributed by atoms with Crippen LogP contribution in [0.15, 0.2) is 24.3 Å². The Balaban J connectivity index is 1.50. The van der Waals surface area contributed by atoms with Crippen LogP contribution in [0.5, 0.6) is 0 Å². The predicted octanol–water partition coefficient (Wildman–Crippen LogP) is 2.26. The summed E-state index contributed by atoms with van der Waals surface area (Å²) in [6.07, 6.45) is 0.525. The van der Waals surface area contributed by atoms with Gasteiger partial charge in [-0.2, -0.15) is 5.10 Å². The summed E-state index contributed by atoms with van der Waals surface area (Å²) in [5.74, 6) is 0.237. The Kier molecular flexibility index (Phi) is 5.90. The van der Waals surface area contributed by atoms with E-state index in [0.717, 1.165) is 38.4 Å². The molecular weight excluding hydrogens is 351 g/mol. The van der Waals surface area contributed by atoms with Gasteiger partial charge in [-0.05, 0) is 30.7 Å². The van der Waals surface area contributed by atoms with Crippen LogP contribution in [0.2, 0.25) is 0 Å². The largest absolute Gasteiger partial charge is 0.369 e. The topological polar surface area (TPSA) is 79.5 Å². The minimum Gasteiger partial charge on any atom is -0.369 e. The lowest BCUT2D eigenvalue weighted by atomic mass is 10.2. The third kappa shape index (κ3) is 4.36. The third-order valence-corrected chi connectivity index (χ3v) is 4.89. The van der Waals surface area contributed by atoms with Crippen LogP contribution in [0.3, 0.4) is 0 Å². The normalized spacial score (nSPS) is 15.1. The Morgan fingerprint density at radius 2 is 1.89 bits per heavy atom. The molecule has 0 amide bonds. The molecule has 0 aliphatic carbocycles. The van der Waals surface area contributed by atoms with E-state index in [9.17, 15) is 14.5 Å². The number of nitro groups is 1. The molecular formula is C18H25FN6O2. The van der Waals surface area contributed by atoms with Gasteiger partial charge >= 0.3 is 5.69 Å². The Bertz CT molecular complexity index is 784. The van der Waals surface area contributed by atoms with Crippen LogP contribution in [0.1, 0.15) is 12.6 Å². The van der Waals surface area contributed by atoms with Crippen molar-refractivity contribution < 1.29 is 9.31 Å². The zero-order chi connectivity index (χ0) is 19.4. The van der Waals surface area contributed by atoms with E-state index in [1.54, 1.807) is 23.9 Å². The highest BCUT2D eigenvalue weighted by atomic mass is 19.1. The molecule has 0 spiro atoms. The number of nitrogens with zero attached hydrogens (tertiary/aromatic N) is 5. The van der Waals surface area contributed by atoms with Gasteiger partial charge in [0.15, 0.2) is 0 Å². The predicted molar refractivity (Wildman–Crippen MR) is 103 cm³/mol. The standard InChI is InChI=1S/C18H25FN6O2/c1-3-16-17(25(26)27)18(22(2)21-16)20-8-9-23-10-12-24(13-11-23)15-6-4-14(19)5-7-15/h4-7,20H,3,8-13H2,1-2H3. The fourth-order valence-electron chi connectivity index (χ4n) is 3.41. The molecule has 2 aromatic rings. The van der Waals surface area contributed by atoms with Crippen molar-refractivity contribution in [1.82, 2.24) is 14.7 Å². The van der Waals surface area contributed by atoms with Crippen LogP contribution in [0, 0.1) is 15.9 Å². The number of aromatic nitrogens is 2. The first-order valence-electron chi connectivity index (χ1n) is 9.16. The summed E-state index contributed by atoms with van der Waals surface area (Å²) in [5.41, 5.74) is 1.60.